The quantitative estimate of drug-likeness (QED) is 0.486. The summed E-state index contributed by atoms with van der Waals surface area (Å²) in [5, 5.41) is 12.5. The van der Waals surface area contributed by atoms with E-state index in [1.54, 1.807) is 0 Å². The zero-order valence-corrected chi connectivity index (χ0v) is 19.8. The van der Waals surface area contributed by atoms with Crippen LogP contribution >= 0.6 is 0 Å². The monoisotopic (exact) mass is 474 g/mol. The van der Waals surface area contributed by atoms with E-state index >= 15 is 0 Å². The van der Waals surface area contributed by atoms with Crippen molar-refractivity contribution >= 4 is 29.2 Å². The molecule has 0 bridgehead atoms. The first-order valence-electron chi connectivity index (χ1n) is 12.6. The largest absolute Gasteiger partial charge is 0.367 e. The highest BCUT2D eigenvalue weighted by atomic mass is 16.2. The number of carbonyl (C=O) groups is 3. The number of hydrogen-bond donors (Lipinski definition) is 4. The Kier molecular flexibility index (Phi) is 4.32. The number of allylic oxidation sites excluding steroid dienone is 1. The molecule has 9 heteroatoms. The Labute approximate surface area is 204 Å². The SMILES string of the molecule is CN1C(=O)CCCC2CN(CC3Nc4cc5c(cc4N3)CC3(C5)NC(=O)NC3=O)C3=C2C1CC=C3. The van der Waals surface area contributed by atoms with E-state index in [9.17, 15) is 14.4 Å². The second kappa shape index (κ2) is 7.26. The minimum absolute atomic E-state index is 0.0711. The van der Waals surface area contributed by atoms with E-state index in [1.165, 1.54) is 11.3 Å². The lowest BCUT2D eigenvalue weighted by Crippen LogP contribution is -2.47. The number of benzene rings is 1. The number of nitrogens with zero attached hydrogens (tertiary/aromatic N) is 2. The first-order valence-corrected chi connectivity index (χ1v) is 12.6. The van der Waals surface area contributed by atoms with Crippen LogP contribution in [0, 0.1) is 5.92 Å². The Bertz CT molecular complexity index is 1200. The van der Waals surface area contributed by atoms with Gasteiger partial charge in [0.1, 0.15) is 11.7 Å². The van der Waals surface area contributed by atoms with Gasteiger partial charge < -0.3 is 25.8 Å². The molecule has 7 rings (SSSR count). The number of fused-ring (bicyclic) bond motifs is 2. The molecule has 2 unspecified atom stereocenters. The normalized spacial score (nSPS) is 28.3. The van der Waals surface area contributed by atoms with Gasteiger partial charge in [0.15, 0.2) is 0 Å². The molecule has 1 spiro atoms. The van der Waals surface area contributed by atoms with Crippen LogP contribution in [0.25, 0.3) is 0 Å². The number of hydrogen-bond acceptors (Lipinski definition) is 6. The first-order chi connectivity index (χ1) is 16.9. The highest BCUT2D eigenvalue weighted by Gasteiger charge is 2.50. The van der Waals surface area contributed by atoms with E-state index in [0.29, 0.717) is 25.2 Å². The predicted octanol–water partition coefficient (Wildman–Crippen LogP) is 1.68. The summed E-state index contributed by atoms with van der Waals surface area (Å²) in [6.07, 6.45) is 9.15. The lowest BCUT2D eigenvalue weighted by atomic mass is 9.83. The number of carbonyl (C=O) groups excluding carboxylic acids is 3. The summed E-state index contributed by atoms with van der Waals surface area (Å²) in [5.74, 6) is 0.528. The van der Waals surface area contributed by atoms with Crippen molar-refractivity contribution < 1.29 is 14.4 Å². The smallest absolute Gasteiger partial charge is 0.322 e. The van der Waals surface area contributed by atoms with E-state index in [-0.39, 0.29) is 24.0 Å². The van der Waals surface area contributed by atoms with Crippen LogP contribution in [0.1, 0.15) is 36.8 Å². The van der Waals surface area contributed by atoms with Crippen LogP contribution in [0.15, 0.2) is 35.6 Å². The lowest BCUT2D eigenvalue weighted by molar-refractivity contribution is -0.132. The Morgan fingerprint density at radius 1 is 1.09 bits per heavy atom. The van der Waals surface area contributed by atoms with Crippen molar-refractivity contribution in [1.29, 1.82) is 0 Å². The molecule has 2 saturated heterocycles. The van der Waals surface area contributed by atoms with E-state index in [4.69, 9.17) is 0 Å². The van der Waals surface area contributed by atoms with Crippen LogP contribution in [-0.2, 0) is 22.4 Å². The Morgan fingerprint density at radius 2 is 1.83 bits per heavy atom. The van der Waals surface area contributed by atoms with Crippen LogP contribution in [0.5, 0.6) is 0 Å². The lowest BCUT2D eigenvalue weighted by Gasteiger charge is -2.35. The molecule has 2 atom stereocenters. The number of likely N-dealkylation sites (tertiary alicyclic amines) is 1. The number of urea groups is 1. The third kappa shape index (κ3) is 3.10. The molecule has 2 fully saturated rings. The molecule has 4 aliphatic heterocycles. The average Bonchev–Trinajstić information content (AvgIpc) is 3.54. The molecule has 0 saturated carbocycles. The topological polar surface area (TPSA) is 106 Å². The number of amides is 4. The third-order valence-electron chi connectivity index (χ3n) is 8.72. The molecule has 1 aromatic carbocycles. The molecule has 6 aliphatic rings. The second-order valence-corrected chi connectivity index (χ2v) is 10.8. The van der Waals surface area contributed by atoms with Crippen LogP contribution < -0.4 is 21.3 Å². The maximum absolute atomic E-state index is 12.5. The van der Waals surface area contributed by atoms with E-state index in [1.807, 2.05) is 11.9 Å². The molecule has 4 heterocycles. The number of anilines is 2. The number of likely N-dealkylation sites (N-methyl/N-ethyl adjacent to an activating group) is 1. The fourth-order valence-corrected chi connectivity index (χ4v) is 7.04. The third-order valence-corrected chi connectivity index (χ3v) is 8.72. The molecule has 35 heavy (non-hydrogen) atoms. The van der Waals surface area contributed by atoms with Gasteiger partial charge >= 0.3 is 6.03 Å². The van der Waals surface area contributed by atoms with Gasteiger partial charge in [-0.15, -0.1) is 0 Å². The molecular formula is C26H30N6O3. The minimum atomic E-state index is -0.844. The summed E-state index contributed by atoms with van der Waals surface area (Å²) in [5.41, 5.74) is 6.18. The van der Waals surface area contributed by atoms with Crippen molar-refractivity contribution in [2.24, 2.45) is 5.92 Å². The van der Waals surface area contributed by atoms with Crippen molar-refractivity contribution in [3.63, 3.8) is 0 Å². The number of imide groups is 1. The van der Waals surface area contributed by atoms with Crippen molar-refractivity contribution in [1.82, 2.24) is 20.4 Å². The Hall–Kier alpha value is -3.49. The van der Waals surface area contributed by atoms with Crippen molar-refractivity contribution in [2.75, 3.05) is 30.8 Å². The highest BCUT2D eigenvalue weighted by Crippen LogP contribution is 2.43. The number of nitrogens with one attached hydrogen (secondary N) is 4. The summed E-state index contributed by atoms with van der Waals surface area (Å²) in [7, 11) is 1.96. The molecule has 2 aliphatic carbocycles. The molecule has 0 aromatic heterocycles. The van der Waals surface area contributed by atoms with Gasteiger partial charge in [-0.2, -0.15) is 0 Å². The van der Waals surface area contributed by atoms with Gasteiger partial charge in [-0.1, -0.05) is 6.08 Å². The highest BCUT2D eigenvalue weighted by molar-refractivity contribution is 6.08. The molecular weight excluding hydrogens is 444 g/mol. The summed E-state index contributed by atoms with van der Waals surface area (Å²) >= 11 is 0. The molecule has 4 N–H and O–H groups in total. The summed E-state index contributed by atoms with van der Waals surface area (Å²) in [6.45, 7) is 1.82. The van der Waals surface area contributed by atoms with Crippen molar-refractivity contribution in [3.05, 3.63) is 46.7 Å². The van der Waals surface area contributed by atoms with Crippen molar-refractivity contribution in [3.8, 4) is 0 Å². The second-order valence-electron chi connectivity index (χ2n) is 10.8. The van der Waals surface area contributed by atoms with Crippen LogP contribution in [0.3, 0.4) is 0 Å². The van der Waals surface area contributed by atoms with Gasteiger partial charge in [-0.25, -0.2) is 4.79 Å². The molecule has 0 radical (unpaired) electrons. The van der Waals surface area contributed by atoms with Crippen LogP contribution in [-0.4, -0.2) is 65.5 Å². The summed E-state index contributed by atoms with van der Waals surface area (Å²) in [6, 6.07) is 4.03. The van der Waals surface area contributed by atoms with Gasteiger partial charge in [0.2, 0.25) is 5.91 Å². The first kappa shape index (κ1) is 20.8. The fraction of sp³-hybridized carbons (Fsp3) is 0.500. The van der Waals surface area contributed by atoms with E-state index in [0.717, 1.165) is 54.9 Å². The predicted molar refractivity (Wildman–Crippen MR) is 131 cm³/mol. The van der Waals surface area contributed by atoms with Crippen LogP contribution in [0.2, 0.25) is 0 Å². The number of rotatable bonds is 2. The maximum atomic E-state index is 12.5. The van der Waals surface area contributed by atoms with E-state index in [2.05, 4.69) is 50.5 Å². The van der Waals surface area contributed by atoms with E-state index < -0.39 is 11.6 Å². The average molecular weight is 475 g/mol. The Morgan fingerprint density at radius 3 is 2.51 bits per heavy atom. The van der Waals surface area contributed by atoms with Gasteiger partial charge in [0.25, 0.3) is 5.91 Å². The fourth-order valence-electron chi connectivity index (χ4n) is 7.04. The molecule has 4 amide bonds. The molecule has 1 aromatic rings. The van der Waals surface area contributed by atoms with Gasteiger partial charge in [0, 0.05) is 44.5 Å². The zero-order valence-electron chi connectivity index (χ0n) is 19.8. The maximum Gasteiger partial charge on any atom is 0.322 e. The van der Waals surface area contributed by atoms with Gasteiger partial charge in [-0.3, -0.25) is 14.9 Å². The Balaban J connectivity index is 1.09. The molecule has 9 nitrogen and oxygen atoms in total. The zero-order chi connectivity index (χ0) is 23.9. The summed E-state index contributed by atoms with van der Waals surface area (Å²) in [4.78, 5) is 41.1. The standard InChI is InChI=1S/C26H30N6O3/c1-31-19-5-3-6-20-23(19)14(4-2-7-22(31)33)12-32(20)13-21-27-17-8-15-10-26(24(34)29-25(35)30-26)11-16(15)9-18(17)28-21/h3,6,8-9,14,19,21,27-28H,2,4-5,7,10-13H2,1H3,(H2,29,30,34,35). The van der Waals surface area contributed by atoms with Gasteiger partial charge in [0.05, 0.1) is 24.0 Å². The summed E-state index contributed by atoms with van der Waals surface area (Å²) < 4.78 is 0. The molecule has 182 valence electrons. The van der Waals surface area contributed by atoms with Gasteiger partial charge in [-0.05, 0) is 54.2 Å². The van der Waals surface area contributed by atoms with Crippen molar-refractivity contribution in [2.45, 2.75) is 56.3 Å². The van der Waals surface area contributed by atoms with Crippen LogP contribution in [0.4, 0.5) is 16.2 Å². The minimum Gasteiger partial charge on any atom is -0.367 e.